The Labute approximate surface area is 202 Å². The van der Waals surface area contributed by atoms with Gasteiger partial charge in [-0.3, -0.25) is 9.59 Å². The second-order valence-electron chi connectivity index (χ2n) is 10.3. The van der Waals surface area contributed by atoms with Crippen molar-refractivity contribution in [3.63, 3.8) is 0 Å². The zero-order valence-corrected chi connectivity index (χ0v) is 21.9. The average molecular weight is 470 g/mol. The zero-order chi connectivity index (χ0) is 24.5. The first-order valence-electron chi connectivity index (χ1n) is 13.6. The molecule has 2 atom stereocenters. The van der Waals surface area contributed by atoms with Gasteiger partial charge in [0, 0.05) is 19.4 Å². The summed E-state index contributed by atoms with van der Waals surface area (Å²) in [6, 6.07) is 0.140. The fraction of sp³-hybridized carbons (Fsp3) is 0.926. The molecular formula is C27H51NO5. The number of ether oxygens (including phenoxy) is 2. The van der Waals surface area contributed by atoms with E-state index in [1.165, 1.54) is 44.9 Å². The molecule has 0 bridgehead atoms. The third kappa shape index (κ3) is 15.4. The molecular weight excluding hydrogens is 418 g/mol. The van der Waals surface area contributed by atoms with E-state index in [2.05, 4.69) is 13.8 Å². The van der Waals surface area contributed by atoms with E-state index >= 15 is 0 Å². The number of likely N-dealkylation sites (tertiary alicyclic amines) is 1. The maximum atomic E-state index is 12.9. The maximum Gasteiger partial charge on any atom is 0.303 e. The lowest BCUT2D eigenvalue weighted by molar-refractivity contribution is -0.137. The van der Waals surface area contributed by atoms with Gasteiger partial charge in [-0.1, -0.05) is 64.2 Å². The van der Waals surface area contributed by atoms with E-state index in [1.807, 2.05) is 18.7 Å². The summed E-state index contributed by atoms with van der Waals surface area (Å²) in [6.45, 7) is 9.47. The maximum absolute atomic E-state index is 12.9. The molecule has 1 aliphatic rings. The van der Waals surface area contributed by atoms with Crippen LogP contribution in [0.1, 0.15) is 124 Å². The van der Waals surface area contributed by atoms with Crippen molar-refractivity contribution >= 4 is 11.9 Å². The lowest BCUT2D eigenvalue weighted by Gasteiger charge is -2.25. The van der Waals surface area contributed by atoms with Gasteiger partial charge in [-0.25, -0.2) is 0 Å². The van der Waals surface area contributed by atoms with Crippen molar-refractivity contribution in [3.8, 4) is 0 Å². The Balaban J connectivity index is 2.07. The highest BCUT2D eigenvalue weighted by atomic mass is 16.5. The van der Waals surface area contributed by atoms with E-state index in [9.17, 15) is 9.59 Å². The Kier molecular flexibility index (Phi) is 16.5. The molecule has 0 spiro atoms. The van der Waals surface area contributed by atoms with Gasteiger partial charge in [0.25, 0.3) is 0 Å². The van der Waals surface area contributed by atoms with Crippen molar-refractivity contribution < 1.29 is 24.2 Å². The van der Waals surface area contributed by atoms with Crippen LogP contribution in [0.4, 0.5) is 0 Å². The van der Waals surface area contributed by atoms with E-state index in [0.29, 0.717) is 26.0 Å². The summed E-state index contributed by atoms with van der Waals surface area (Å²) in [5.74, 6) is -0.425. The normalized spacial score (nSPS) is 18.5. The third-order valence-electron chi connectivity index (χ3n) is 6.31. The summed E-state index contributed by atoms with van der Waals surface area (Å²) in [7, 11) is 0. The number of hydrogen-bond acceptors (Lipinski definition) is 4. The average Bonchev–Trinajstić information content (AvgIpc) is 3.14. The molecule has 0 aromatic rings. The molecule has 1 saturated heterocycles. The second-order valence-corrected chi connectivity index (χ2v) is 10.3. The predicted molar refractivity (Wildman–Crippen MR) is 133 cm³/mol. The summed E-state index contributed by atoms with van der Waals surface area (Å²) in [5.41, 5.74) is 0. The topological polar surface area (TPSA) is 76.1 Å². The highest BCUT2D eigenvalue weighted by Crippen LogP contribution is 2.24. The van der Waals surface area contributed by atoms with Crippen LogP contribution in [0.2, 0.25) is 0 Å². The van der Waals surface area contributed by atoms with E-state index in [-0.39, 0.29) is 30.3 Å². The zero-order valence-electron chi connectivity index (χ0n) is 21.9. The van der Waals surface area contributed by atoms with E-state index in [4.69, 9.17) is 14.6 Å². The number of nitrogens with zero attached hydrogens (tertiary/aromatic N) is 1. The molecule has 1 rings (SSSR count). The van der Waals surface area contributed by atoms with Crippen molar-refractivity contribution in [1.82, 2.24) is 4.90 Å². The summed E-state index contributed by atoms with van der Waals surface area (Å²) in [5, 5.41) is 8.62. The number of hydrogen-bond donors (Lipinski definition) is 1. The van der Waals surface area contributed by atoms with Gasteiger partial charge in [0.2, 0.25) is 5.91 Å². The van der Waals surface area contributed by atoms with Crippen molar-refractivity contribution in [2.24, 2.45) is 0 Å². The molecule has 0 aliphatic carbocycles. The molecule has 0 radical (unpaired) electrons. The van der Waals surface area contributed by atoms with Crippen LogP contribution >= 0.6 is 0 Å². The lowest BCUT2D eigenvalue weighted by Crippen LogP contribution is -2.39. The van der Waals surface area contributed by atoms with Crippen molar-refractivity contribution in [3.05, 3.63) is 0 Å². The summed E-state index contributed by atoms with van der Waals surface area (Å²) in [4.78, 5) is 25.3. The molecule has 194 valence electrons. The monoisotopic (exact) mass is 469 g/mol. The van der Waals surface area contributed by atoms with Gasteiger partial charge in [-0.15, -0.1) is 0 Å². The number of carboxylic acids is 1. The standard InChI is InChI=1S/C27H51NO5/c1-22(2)32-21-24-19-25(33-23(3)4)20-28(24)26(29)17-15-13-11-9-7-5-6-8-10-12-14-16-18-27(30)31/h22-25H,5-21H2,1-4H3,(H,30,31)/t24-,25+/m0/s1. The Morgan fingerprint density at radius 1 is 0.788 bits per heavy atom. The van der Waals surface area contributed by atoms with E-state index in [0.717, 1.165) is 38.5 Å². The highest BCUT2D eigenvalue weighted by molar-refractivity contribution is 5.77. The van der Waals surface area contributed by atoms with E-state index < -0.39 is 5.97 Å². The largest absolute Gasteiger partial charge is 0.481 e. The number of rotatable bonds is 20. The number of unbranched alkanes of at least 4 members (excludes halogenated alkanes) is 11. The van der Waals surface area contributed by atoms with Gasteiger partial charge in [0.1, 0.15) is 0 Å². The van der Waals surface area contributed by atoms with Crippen LogP contribution in [0.15, 0.2) is 0 Å². The van der Waals surface area contributed by atoms with E-state index in [1.54, 1.807) is 0 Å². The molecule has 6 heteroatoms. The van der Waals surface area contributed by atoms with Crippen LogP contribution in [0, 0.1) is 0 Å². The van der Waals surface area contributed by atoms with Gasteiger partial charge in [0.05, 0.1) is 31.0 Å². The van der Waals surface area contributed by atoms with Crippen LogP contribution in [0.5, 0.6) is 0 Å². The number of amides is 1. The Morgan fingerprint density at radius 3 is 1.73 bits per heavy atom. The molecule has 33 heavy (non-hydrogen) atoms. The van der Waals surface area contributed by atoms with Gasteiger partial charge in [-0.05, 0) is 47.0 Å². The highest BCUT2D eigenvalue weighted by Gasteiger charge is 2.36. The molecule has 0 saturated carbocycles. The molecule has 0 unspecified atom stereocenters. The first kappa shape index (κ1) is 29.9. The second kappa shape index (κ2) is 18.2. The molecule has 0 aromatic carbocycles. The van der Waals surface area contributed by atoms with Crippen LogP contribution in [-0.4, -0.2) is 59.4 Å². The van der Waals surface area contributed by atoms with Crippen molar-refractivity contribution in [1.29, 1.82) is 0 Å². The van der Waals surface area contributed by atoms with Gasteiger partial charge >= 0.3 is 5.97 Å². The van der Waals surface area contributed by atoms with Gasteiger partial charge in [0.15, 0.2) is 0 Å². The summed E-state index contributed by atoms with van der Waals surface area (Å²) < 4.78 is 11.8. The Bertz CT molecular complexity index is 523. The Hall–Kier alpha value is -1.14. The number of aliphatic carboxylic acids is 1. The minimum absolute atomic E-state index is 0.124. The SMILES string of the molecule is CC(C)OC[C@@H]1C[C@@H](OC(C)C)CN1C(=O)CCCCCCCCCCCCCCC(=O)O. The van der Waals surface area contributed by atoms with Crippen LogP contribution in [-0.2, 0) is 19.1 Å². The summed E-state index contributed by atoms with van der Waals surface area (Å²) in [6.07, 6.45) is 16.2. The van der Waals surface area contributed by atoms with Crippen LogP contribution < -0.4 is 0 Å². The van der Waals surface area contributed by atoms with Gasteiger partial charge in [-0.2, -0.15) is 0 Å². The number of carboxylic acid groups (broad SMARTS) is 1. The minimum Gasteiger partial charge on any atom is -0.481 e. The smallest absolute Gasteiger partial charge is 0.303 e. The molecule has 0 aromatic heterocycles. The minimum atomic E-state index is -0.680. The predicted octanol–water partition coefficient (Wildman–Crippen LogP) is 6.35. The third-order valence-corrected chi connectivity index (χ3v) is 6.31. The fourth-order valence-electron chi connectivity index (χ4n) is 4.59. The first-order valence-corrected chi connectivity index (χ1v) is 13.6. The molecule has 6 nitrogen and oxygen atoms in total. The number of carbonyl (C=O) groups is 2. The molecule has 1 fully saturated rings. The van der Waals surface area contributed by atoms with Crippen molar-refractivity contribution in [2.75, 3.05) is 13.2 Å². The Morgan fingerprint density at radius 2 is 1.27 bits per heavy atom. The summed E-state index contributed by atoms with van der Waals surface area (Å²) >= 11 is 0. The van der Waals surface area contributed by atoms with Crippen LogP contribution in [0.3, 0.4) is 0 Å². The van der Waals surface area contributed by atoms with Crippen LogP contribution in [0.25, 0.3) is 0 Å². The molecule has 1 aliphatic heterocycles. The first-order chi connectivity index (χ1) is 15.8. The quantitative estimate of drug-likeness (QED) is 0.210. The molecule has 1 amide bonds. The molecule has 1 N–H and O–H groups in total. The lowest BCUT2D eigenvalue weighted by atomic mass is 10.0. The van der Waals surface area contributed by atoms with Crippen molar-refractivity contribution in [2.45, 2.75) is 148 Å². The molecule has 1 heterocycles. The fourth-order valence-corrected chi connectivity index (χ4v) is 4.59. The number of carbonyl (C=O) groups excluding carboxylic acids is 1. The van der Waals surface area contributed by atoms with Gasteiger partial charge < -0.3 is 19.5 Å².